The van der Waals surface area contributed by atoms with Gasteiger partial charge in [-0.2, -0.15) is 11.8 Å². The van der Waals surface area contributed by atoms with E-state index in [1.54, 1.807) is 23.9 Å². The van der Waals surface area contributed by atoms with Crippen LogP contribution < -0.4 is 10.6 Å². The van der Waals surface area contributed by atoms with Crippen LogP contribution >= 0.6 is 11.8 Å². The Kier molecular flexibility index (Phi) is 7.78. The quantitative estimate of drug-likeness (QED) is 0.704. The van der Waals surface area contributed by atoms with Crippen molar-refractivity contribution in [1.82, 2.24) is 10.6 Å². The number of carbonyl (C=O) groups excluding carboxylic acids is 2. The molecule has 2 unspecified atom stereocenters. The lowest BCUT2D eigenvalue weighted by molar-refractivity contribution is -0.123. The molecule has 0 aliphatic carbocycles. The summed E-state index contributed by atoms with van der Waals surface area (Å²) in [7, 11) is 0. The highest BCUT2D eigenvalue weighted by atomic mass is 32.2. The van der Waals surface area contributed by atoms with Gasteiger partial charge < -0.3 is 15.1 Å². The Morgan fingerprint density at radius 2 is 1.88 bits per heavy atom. The van der Waals surface area contributed by atoms with E-state index in [0.29, 0.717) is 6.42 Å². The Morgan fingerprint density at radius 1 is 1.15 bits per heavy atom. The number of carbonyl (C=O) groups is 2. The van der Waals surface area contributed by atoms with Crippen LogP contribution in [0.25, 0.3) is 0 Å². The van der Waals surface area contributed by atoms with Gasteiger partial charge in [0, 0.05) is 0 Å². The molecule has 0 saturated heterocycles. The first-order valence-corrected chi connectivity index (χ1v) is 10.2. The van der Waals surface area contributed by atoms with E-state index in [1.807, 2.05) is 25.3 Å². The number of benzene rings is 1. The Bertz CT molecular complexity index is 698. The van der Waals surface area contributed by atoms with Crippen LogP contribution in [0.4, 0.5) is 0 Å². The zero-order chi connectivity index (χ0) is 18.9. The fourth-order valence-electron chi connectivity index (χ4n) is 2.58. The Labute approximate surface area is 158 Å². The Balaban J connectivity index is 2.01. The molecule has 1 heterocycles. The van der Waals surface area contributed by atoms with Crippen molar-refractivity contribution in [3.63, 3.8) is 0 Å². The van der Waals surface area contributed by atoms with Crippen LogP contribution in [-0.2, 0) is 11.2 Å². The number of rotatable bonds is 9. The summed E-state index contributed by atoms with van der Waals surface area (Å²) in [6, 6.07) is 10.7. The molecule has 140 valence electrons. The number of aryl methyl sites for hydroxylation is 1. The smallest absolute Gasteiger partial charge is 0.287 e. The maximum Gasteiger partial charge on any atom is 0.287 e. The van der Waals surface area contributed by atoms with Gasteiger partial charge in [0.1, 0.15) is 6.04 Å². The Hall–Kier alpha value is -2.21. The van der Waals surface area contributed by atoms with E-state index in [2.05, 4.69) is 29.7 Å². The second-order valence-electron chi connectivity index (χ2n) is 6.11. The van der Waals surface area contributed by atoms with E-state index in [-0.39, 0.29) is 23.6 Å². The highest BCUT2D eigenvalue weighted by molar-refractivity contribution is 7.98. The maximum absolute atomic E-state index is 12.7. The minimum Gasteiger partial charge on any atom is -0.459 e. The maximum atomic E-state index is 12.7. The SMILES string of the molecule is CCc1ccc(C(C)NC(=O)C(CCSC)NC(=O)c2ccco2)cc1. The number of hydrogen-bond acceptors (Lipinski definition) is 4. The second kappa shape index (κ2) is 10.1. The van der Waals surface area contributed by atoms with E-state index in [4.69, 9.17) is 4.42 Å². The zero-order valence-corrected chi connectivity index (χ0v) is 16.3. The summed E-state index contributed by atoms with van der Waals surface area (Å²) in [5, 5.41) is 5.77. The van der Waals surface area contributed by atoms with E-state index < -0.39 is 6.04 Å². The van der Waals surface area contributed by atoms with Gasteiger partial charge in [0.15, 0.2) is 5.76 Å². The van der Waals surface area contributed by atoms with Gasteiger partial charge in [-0.1, -0.05) is 31.2 Å². The first-order chi connectivity index (χ1) is 12.5. The van der Waals surface area contributed by atoms with Crippen molar-refractivity contribution in [2.24, 2.45) is 0 Å². The molecule has 6 heteroatoms. The standard InChI is InChI=1S/C20H26N2O3S/c1-4-15-7-9-16(10-8-15)14(2)21-19(23)17(11-13-26-3)22-20(24)18-6-5-12-25-18/h5-10,12,14,17H,4,11,13H2,1-3H3,(H,21,23)(H,22,24). The number of hydrogen-bond donors (Lipinski definition) is 2. The van der Waals surface area contributed by atoms with Crippen LogP contribution in [0.1, 0.15) is 48.0 Å². The van der Waals surface area contributed by atoms with Gasteiger partial charge in [0.25, 0.3) is 5.91 Å². The van der Waals surface area contributed by atoms with Crippen molar-refractivity contribution in [3.8, 4) is 0 Å². The summed E-state index contributed by atoms with van der Waals surface area (Å²) >= 11 is 1.64. The van der Waals surface area contributed by atoms with Crippen LogP contribution in [-0.4, -0.2) is 29.9 Å². The lowest BCUT2D eigenvalue weighted by Crippen LogP contribution is -2.47. The molecule has 2 aromatic rings. The van der Waals surface area contributed by atoms with Crippen molar-refractivity contribution < 1.29 is 14.0 Å². The van der Waals surface area contributed by atoms with Crippen molar-refractivity contribution in [2.45, 2.75) is 38.8 Å². The van der Waals surface area contributed by atoms with Gasteiger partial charge in [0.05, 0.1) is 12.3 Å². The molecule has 0 radical (unpaired) electrons. The predicted octanol–water partition coefficient (Wildman–Crippen LogP) is 3.57. The van der Waals surface area contributed by atoms with Crippen molar-refractivity contribution in [1.29, 1.82) is 0 Å². The van der Waals surface area contributed by atoms with Gasteiger partial charge in [-0.3, -0.25) is 9.59 Å². The monoisotopic (exact) mass is 374 g/mol. The van der Waals surface area contributed by atoms with E-state index in [9.17, 15) is 9.59 Å². The van der Waals surface area contributed by atoms with E-state index >= 15 is 0 Å². The van der Waals surface area contributed by atoms with Crippen molar-refractivity contribution in [2.75, 3.05) is 12.0 Å². The van der Waals surface area contributed by atoms with E-state index in [0.717, 1.165) is 17.7 Å². The molecule has 1 aromatic heterocycles. The molecule has 1 aromatic carbocycles. The second-order valence-corrected chi connectivity index (χ2v) is 7.10. The van der Waals surface area contributed by atoms with Gasteiger partial charge in [-0.05, 0) is 55.0 Å². The molecule has 2 rings (SSSR count). The van der Waals surface area contributed by atoms with Gasteiger partial charge in [-0.15, -0.1) is 0 Å². The number of nitrogens with one attached hydrogen (secondary N) is 2. The average Bonchev–Trinajstić information content (AvgIpc) is 3.19. The van der Waals surface area contributed by atoms with Crippen LogP contribution in [0, 0.1) is 0 Å². The molecule has 0 fully saturated rings. The molecule has 26 heavy (non-hydrogen) atoms. The first-order valence-electron chi connectivity index (χ1n) is 8.77. The molecule has 2 N–H and O–H groups in total. The topological polar surface area (TPSA) is 71.3 Å². The van der Waals surface area contributed by atoms with Crippen LogP contribution in [0.5, 0.6) is 0 Å². The largest absolute Gasteiger partial charge is 0.459 e. The fourth-order valence-corrected chi connectivity index (χ4v) is 3.05. The van der Waals surface area contributed by atoms with E-state index in [1.165, 1.54) is 11.8 Å². The van der Waals surface area contributed by atoms with Gasteiger partial charge in [0.2, 0.25) is 5.91 Å². The molecule has 0 aliphatic rings. The van der Waals surface area contributed by atoms with Crippen LogP contribution in [0.15, 0.2) is 47.1 Å². The first kappa shape index (κ1) is 20.1. The normalized spacial score (nSPS) is 13.0. The minimum atomic E-state index is -0.600. The molecule has 2 amide bonds. The van der Waals surface area contributed by atoms with Gasteiger partial charge in [-0.25, -0.2) is 0 Å². The van der Waals surface area contributed by atoms with Gasteiger partial charge >= 0.3 is 0 Å². The highest BCUT2D eigenvalue weighted by Gasteiger charge is 2.23. The molecular weight excluding hydrogens is 348 g/mol. The Morgan fingerprint density at radius 3 is 2.46 bits per heavy atom. The zero-order valence-electron chi connectivity index (χ0n) is 15.5. The highest BCUT2D eigenvalue weighted by Crippen LogP contribution is 2.14. The number of furan rings is 1. The molecule has 5 nitrogen and oxygen atoms in total. The number of amides is 2. The lowest BCUT2D eigenvalue weighted by Gasteiger charge is -2.21. The summed E-state index contributed by atoms with van der Waals surface area (Å²) < 4.78 is 5.10. The predicted molar refractivity (Wildman–Crippen MR) is 105 cm³/mol. The number of thioether (sulfide) groups is 1. The van der Waals surface area contributed by atoms with Crippen LogP contribution in [0.2, 0.25) is 0 Å². The summed E-state index contributed by atoms with van der Waals surface area (Å²) in [5.74, 6) is 0.410. The molecule has 0 aliphatic heterocycles. The molecular formula is C20H26N2O3S. The average molecular weight is 375 g/mol. The van der Waals surface area contributed by atoms with Crippen molar-refractivity contribution in [3.05, 3.63) is 59.5 Å². The van der Waals surface area contributed by atoms with Crippen molar-refractivity contribution >= 4 is 23.6 Å². The lowest BCUT2D eigenvalue weighted by atomic mass is 10.0. The summed E-state index contributed by atoms with van der Waals surface area (Å²) in [6.45, 7) is 4.05. The third-order valence-corrected chi connectivity index (χ3v) is 4.87. The fraction of sp³-hybridized carbons (Fsp3) is 0.400. The molecule has 2 atom stereocenters. The molecule has 0 saturated carbocycles. The molecule has 0 spiro atoms. The minimum absolute atomic E-state index is 0.134. The molecule has 0 bridgehead atoms. The summed E-state index contributed by atoms with van der Waals surface area (Å²) in [5.41, 5.74) is 2.30. The summed E-state index contributed by atoms with van der Waals surface area (Å²) in [6.07, 6.45) is 4.95. The third-order valence-electron chi connectivity index (χ3n) is 4.22. The van der Waals surface area contributed by atoms with Crippen LogP contribution in [0.3, 0.4) is 0 Å². The third kappa shape index (κ3) is 5.66. The summed E-state index contributed by atoms with van der Waals surface area (Å²) in [4.78, 5) is 24.9.